The van der Waals surface area contributed by atoms with E-state index in [1.54, 1.807) is 17.0 Å². The summed E-state index contributed by atoms with van der Waals surface area (Å²) in [4.78, 5) is 36.4. The van der Waals surface area contributed by atoms with Crippen LogP contribution in [0, 0.1) is 10.1 Å². The van der Waals surface area contributed by atoms with E-state index in [4.69, 9.17) is 0 Å². The van der Waals surface area contributed by atoms with Gasteiger partial charge in [0.1, 0.15) is 17.2 Å². The number of amides is 1. The van der Waals surface area contributed by atoms with E-state index in [2.05, 4.69) is 15.3 Å². The number of nitrogens with zero attached hydrogens (tertiary/aromatic N) is 5. The van der Waals surface area contributed by atoms with Gasteiger partial charge in [0.25, 0.3) is 11.6 Å². The number of aromatic nitrogens is 2. The van der Waals surface area contributed by atoms with E-state index in [9.17, 15) is 14.9 Å². The summed E-state index contributed by atoms with van der Waals surface area (Å²) < 4.78 is 30.9. The smallest absolute Gasteiger partial charge is 0.271 e. The summed E-state index contributed by atoms with van der Waals surface area (Å²) in [5.41, 5.74) is -2.56. The molecule has 184 valence electrons. The van der Waals surface area contributed by atoms with Crippen molar-refractivity contribution in [3.05, 3.63) is 58.3 Å². The Balaban J connectivity index is 1.53. The van der Waals surface area contributed by atoms with Crippen LogP contribution in [-0.2, 0) is 0 Å². The summed E-state index contributed by atoms with van der Waals surface area (Å²) in [5, 5.41) is 14.1. The average molecular weight is 485 g/mol. The van der Waals surface area contributed by atoms with Crippen LogP contribution in [0.25, 0.3) is 0 Å². The highest BCUT2D eigenvalue weighted by molar-refractivity contribution is 6.08. The van der Waals surface area contributed by atoms with E-state index in [1.807, 2.05) is 4.90 Å². The van der Waals surface area contributed by atoms with Gasteiger partial charge in [0.15, 0.2) is 0 Å². The molecule has 6 bridgehead atoms. The number of anilines is 3. The molecule has 11 heteroatoms. The number of hydrogen-bond donors (Lipinski definition) is 1. The first kappa shape index (κ1) is 23.1. The van der Waals surface area contributed by atoms with Crippen molar-refractivity contribution in [2.24, 2.45) is 0 Å². The SMILES string of the molecule is O=C1Nc2ccnc(n2)N2CCC(F)(C/C=C\C3(F)CCN(CC3)c3cc([N+](=O)[O-])ccc31)CC2. The zero-order chi connectivity index (χ0) is 24.6. The lowest BCUT2D eigenvalue weighted by Gasteiger charge is -2.38. The van der Waals surface area contributed by atoms with E-state index in [0.29, 0.717) is 24.7 Å². The predicted molar refractivity (Wildman–Crippen MR) is 127 cm³/mol. The molecule has 2 aromatic rings. The second-order valence-corrected chi connectivity index (χ2v) is 9.42. The van der Waals surface area contributed by atoms with Crippen molar-refractivity contribution in [2.45, 2.75) is 43.4 Å². The maximum absolute atomic E-state index is 15.5. The topological polar surface area (TPSA) is 104 Å². The third kappa shape index (κ3) is 4.80. The maximum Gasteiger partial charge on any atom is 0.271 e. The number of nitrogens with one attached hydrogen (secondary N) is 1. The zero-order valence-electron chi connectivity index (χ0n) is 19.1. The molecule has 2 saturated heterocycles. The van der Waals surface area contributed by atoms with Crippen LogP contribution < -0.4 is 15.1 Å². The Hall–Kier alpha value is -3.63. The highest BCUT2D eigenvalue weighted by atomic mass is 19.1. The molecule has 1 N–H and O–H groups in total. The number of alkyl halides is 2. The second kappa shape index (κ2) is 8.86. The van der Waals surface area contributed by atoms with Crippen molar-refractivity contribution in [1.29, 1.82) is 0 Å². The predicted octanol–water partition coefficient (Wildman–Crippen LogP) is 4.21. The van der Waals surface area contributed by atoms with Crippen LogP contribution in [0.4, 0.5) is 31.9 Å². The fourth-order valence-corrected chi connectivity index (χ4v) is 4.92. The monoisotopic (exact) mass is 484 g/mol. The highest BCUT2D eigenvalue weighted by Gasteiger charge is 2.37. The van der Waals surface area contributed by atoms with E-state index in [1.165, 1.54) is 30.5 Å². The number of hydrogen-bond acceptors (Lipinski definition) is 7. The summed E-state index contributed by atoms with van der Waals surface area (Å²) in [6, 6.07) is 5.58. The Labute approximate surface area is 201 Å². The van der Waals surface area contributed by atoms with Gasteiger partial charge in [0.2, 0.25) is 5.95 Å². The molecule has 0 spiro atoms. The van der Waals surface area contributed by atoms with Crippen LogP contribution in [0.5, 0.6) is 0 Å². The number of benzene rings is 1. The molecule has 1 aromatic heterocycles. The minimum Gasteiger partial charge on any atom is -0.370 e. The molecule has 6 aliphatic heterocycles. The van der Waals surface area contributed by atoms with Crippen LogP contribution in [0.2, 0.25) is 0 Å². The molecule has 9 nitrogen and oxygen atoms in total. The number of rotatable bonds is 1. The zero-order valence-corrected chi connectivity index (χ0v) is 19.1. The maximum atomic E-state index is 15.5. The first-order chi connectivity index (χ1) is 16.7. The highest BCUT2D eigenvalue weighted by Crippen LogP contribution is 2.36. The average Bonchev–Trinajstić information content (AvgIpc) is 2.84. The molecule has 35 heavy (non-hydrogen) atoms. The van der Waals surface area contributed by atoms with E-state index >= 15 is 8.78 Å². The minimum absolute atomic E-state index is 0.135. The standard InChI is InChI=1S/C24H26F2N6O3/c25-23-5-1-6-24(26)9-14-31(15-10-24)22-27-11-4-20(29-22)28-21(33)18-3-2-17(32(34)35)16-19(18)30(12-7-23)13-8-23/h1-5,11,16H,6-10,12-15H2,(H,27,28,29,33)/b5-1-. The third-order valence-corrected chi connectivity index (χ3v) is 7.10. The van der Waals surface area contributed by atoms with Gasteiger partial charge in [0, 0.05) is 57.4 Å². The number of allylic oxidation sites excluding steroid dienone is 2. The normalized spacial score (nSPS) is 27.5. The number of carbonyl (C=O) groups is 1. The lowest BCUT2D eigenvalue weighted by atomic mass is 9.87. The van der Waals surface area contributed by atoms with Gasteiger partial charge in [-0.1, -0.05) is 12.2 Å². The number of nitro groups is 1. The van der Waals surface area contributed by atoms with Crippen LogP contribution in [0.3, 0.4) is 0 Å². The first-order valence-electron chi connectivity index (χ1n) is 11.7. The van der Waals surface area contributed by atoms with Gasteiger partial charge in [0.05, 0.1) is 16.2 Å². The van der Waals surface area contributed by atoms with Gasteiger partial charge >= 0.3 is 0 Å². The molecular formula is C24H26F2N6O3. The third-order valence-electron chi connectivity index (χ3n) is 7.10. The van der Waals surface area contributed by atoms with Crippen molar-refractivity contribution >= 4 is 29.0 Å². The van der Waals surface area contributed by atoms with Crippen molar-refractivity contribution in [3.63, 3.8) is 0 Å². The lowest BCUT2D eigenvalue weighted by molar-refractivity contribution is -0.384. The lowest BCUT2D eigenvalue weighted by Crippen LogP contribution is -2.43. The molecule has 0 radical (unpaired) electrons. The Bertz CT molecular complexity index is 1170. The van der Waals surface area contributed by atoms with Gasteiger partial charge in [-0.15, -0.1) is 0 Å². The molecule has 1 aromatic carbocycles. The van der Waals surface area contributed by atoms with Gasteiger partial charge in [-0.3, -0.25) is 14.9 Å². The largest absolute Gasteiger partial charge is 0.370 e. The first-order valence-corrected chi connectivity index (χ1v) is 11.7. The molecule has 0 aliphatic carbocycles. The molecule has 0 atom stereocenters. The molecule has 8 rings (SSSR count). The van der Waals surface area contributed by atoms with Crippen molar-refractivity contribution in [1.82, 2.24) is 9.97 Å². The summed E-state index contributed by atoms with van der Waals surface area (Å²) in [5.74, 6) is 0.168. The molecule has 0 saturated carbocycles. The Morgan fingerprint density at radius 2 is 1.74 bits per heavy atom. The van der Waals surface area contributed by atoms with Crippen molar-refractivity contribution in [2.75, 3.05) is 41.3 Å². The molecule has 6 aliphatic rings. The van der Waals surface area contributed by atoms with E-state index in [0.717, 1.165) is 0 Å². The minimum atomic E-state index is -1.59. The molecular weight excluding hydrogens is 458 g/mol. The summed E-state index contributed by atoms with van der Waals surface area (Å²) in [7, 11) is 0. The molecule has 1 amide bonds. The molecule has 2 fully saturated rings. The van der Waals surface area contributed by atoms with Gasteiger partial charge in [-0.25, -0.2) is 13.8 Å². The number of non-ortho nitro benzene ring substituents is 1. The number of halogens is 2. The fraction of sp³-hybridized carbons (Fsp3) is 0.458. The van der Waals surface area contributed by atoms with Gasteiger partial charge in [-0.2, -0.15) is 4.98 Å². The number of nitro benzene ring substituents is 1. The fourth-order valence-electron chi connectivity index (χ4n) is 4.92. The van der Waals surface area contributed by atoms with Gasteiger partial charge in [-0.05, 0) is 31.4 Å². The quantitative estimate of drug-likeness (QED) is 0.367. The van der Waals surface area contributed by atoms with Crippen LogP contribution in [0.15, 0.2) is 42.6 Å². The van der Waals surface area contributed by atoms with Gasteiger partial charge < -0.3 is 15.1 Å². The van der Waals surface area contributed by atoms with Crippen molar-refractivity contribution < 1.29 is 18.5 Å². The van der Waals surface area contributed by atoms with E-state index < -0.39 is 22.2 Å². The number of carbonyl (C=O) groups excluding carboxylic acids is 1. The summed E-state index contributed by atoms with van der Waals surface area (Å²) in [6.07, 6.45) is 5.56. The van der Waals surface area contributed by atoms with Crippen LogP contribution in [-0.4, -0.2) is 58.3 Å². The molecule has 7 heterocycles. The summed E-state index contributed by atoms with van der Waals surface area (Å²) >= 11 is 0. The number of piperidine rings is 2. The summed E-state index contributed by atoms with van der Waals surface area (Å²) in [6.45, 7) is 1.33. The Morgan fingerprint density at radius 3 is 2.46 bits per heavy atom. The van der Waals surface area contributed by atoms with Crippen LogP contribution >= 0.6 is 0 Å². The van der Waals surface area contributed by atoms with Crippen LogP contribution in [0.1, 0.15) is 42.5 Å². The Kier molecular flexibility index (Phi) is 5.86. The Morgan fingerprint density at radius 1 is 1.03 bits per heavy atom. The molecule has 0 unspecified atom stereocenters. The van der Waals surface area contributed by atoms with E-state index in [-0.39, 0.29) is 62.3 Å². The van der Waals surface area contributed by atoms with Crippen molar-refractivity contribution in [3.8, 4) is 0 Å². The second-order valence-electron chi connectivity index (χ2n) is 9.42.